The van der Waals surface area contributed by atoms with Crippen LogP contribution in [0.4, 0.5) is 5.00 Å². The monoisotopic (exact) mass is 376 g/mol. The lowest BCUT2D eigenvalue weighted by Gasteiger charge is -2.27. The average molecular weight is 376 g/mol. The number of anilines is 1. The SMILES string of the molecule is O=C(NCc1ccco1)c1ccsc1NC(=O)[C@@H]1CCCC[C@@H]1C(=O)O. The van der Waals surface area contributed by atoms with Crippen molar-refractivity contribution in [2.45, 2.75) is 32.2 Å². The van der Waals surface area contributed by atoms with Crippen LogP contribution in [0.5, 0.6) is 0 Å². The Morgan fingerprint density at radius 1 is 1.19 bits per heavy atom. The Morgan fingerprint density at radius 2 is 1.96 bits per heavy atom. The molecule has 2 aromatic heterocycles. The van der Waals surface area contributed by atoms with E-state index in [2.05, 4.69) is 10.6 Å². The molecule has 8 heteroatoms. The summed E-state index contributed by atoms with van der Waals surface area (Å²) in [6, 6.07) is 5.12. The van der Waals surface area contributed by atoms with Crippen LogP contribution in [0.2, 0.25) is 0 Å². The number of rotatable bonds is 6. The van der Waals surface area contributed by atoms with E-state index in [0.717, 1.165) is 12.8 Å². The standard InChI is InChI=1S/C18H20N2O5S/c21-15(19-10-11-4-3-8-25-11)14-7-9-26-17(14)20-16(22)12-5-1-2-6-13(12)18(23)24/h3-4,7-9,12-13H,1-2,5-6,10H2,(H,19,21)(H,20,22)(H,23,24)/t12-,13+/m1/s1. The van der Waals surface area contributed by atoms with Gasteiger partial charge >= 0.3 is 5.97 Å². The molecule has 2 amide bonds. The van der Waals surface area contributed by atoms with E-state index in [4.69, 9.17) is 4.42 Å². The van der Waals surface area contributed by atoms with E-state index in [1.807, 2.05) is 0 Å². The normalized spacial score (nSPS) is 19.7. The number of furan rings is 1. The molecule has 3 N–H and O–H groups in total. The van der Waals surface area contributed by atoms with Gasteiger partial charge in [0.2, 0.25) is 5.91 Å². The molecule has 2 atom stereocenters. The lowest BCUT2D eigenvalue weighted by atomic mass is 9.79. The van der Waals surface area contributed by atoms with Gasteiger partial charge in [-0.15, -0.1) is 11.3 Å². The molecule has 0 saturated heterocycles. The zero-order valence-electron chi connectivity index (χ0n) is 14.1. The second kappa shape index (κ2) is 8.18. The zero-order valence-corrected chi connectivity index (χ0v) is 14.9. The van der Waals surface area contributed by atoms with E-state index >= 15 is 0 Å². The van der Waals surface area contributed by atoms with Crippen molar-refractivity contribution >= 4 is 34.1 Å². The molecule has 7 nitrogen and oxygen atoms in total. The van der Waals surface area contributed by atoms with Gasteiger partial charge in [0, 0.05) is 0 Å². The predicted octanol–water partition coefficient (Wildman–Crippen LogP) is 3.10. The molecule has 2 aromatic rings. The number of thiophene rings is 1. The van der Waals surface area contributed by atoms with E-state index in [1.165, 1.54) is 17.6 Å². The van der Waals surface area contributed by atoms with Crippen molar-refractivity contribution in [3.05, 3.63) is 41.2 Å². The minimum atomic E-state index is -0.938. The molecule has 0 spiro atoms. The summed E-state index contributed by atoms with van der Waals surface area (Å²) in [5.41, 5.74) is 0.359. The lowest BCUT2D eigenvalue weighted by Crippen LogP contribution is -2.36. The molecular weight excluding hydrogens is 356 g/mol. The van der Waals surface area contributed by atoms with Crippen molar-refractivity contribution in [3.8, 4) is 0 Å². The number of carboxylic acid groups (broad SMARTS) is 1. The van der Waals surface area contributed by atoms with Crippen molar-refractivity contribution in [2.24, 2.45) is 11.8 Å². The average Bonchev–Trinajstić information content (AvgIpc) is 3.31. The van der Waals surface area contributed by atoms with Gasteiger partial charge in [0.1, 0.15) is 10.8 Å². The number of amides is 2. The molecule has 1 aliphatic carbocycles. The highest BCUT2D eigenvalue weighted by Gasteiger charge is 2.36. The van der Waals surface area contributed by atoms with Gasteiger partial charge in [-0.05, 0) is 36.4 Å². The van der Waals surface area contributed by atoms with Crippen LogP contribution in [0.3, 0.4) is 0 Å². The Hall–Kier alpha value is -2.61. The lowest BCUT2D eigenvalue weighted by molar-refractivity contribution is -0.147. The highest BCUT2D eigenvalue weighted by Crippen LogP contribution is 2.32. The Balaban J connectivity index is 1.65. The predicted molar refractivity (Wildman–Crippen MR) is 95.9 cm³/mol. The maximum Gasteiger partial charge on any atom is 0.307 e. The van der Waals surface area contributed by atoms with Gasteiger partial charge in [0.05, 0.1) is 30.2 Å². The highest BCUT2D eigenvalue weighted by molar-refractivity contribution is 7.14. The van der Waals surface area contributed by atoms with Crippen molar-refractivity contribution in [1.29, 1.82) is 0 Å². The smallest absolute Gasteiger partial charge is 0.307 e. The summed E-state index contributed by atoms with van der Waals surface area (Å²) in [7, 11) is 0. The minimum absolute atomic E-state index is 0.249. The third-order valence-corrected chi connectivity index (χ3v) is 5.40. The van der Waals surface area contributed by atoms with Crippen LogP contribution in [-0.4, -0.2) is 22.9 Å². The number of carboxylic acids is 1. The first-order valence-corrected chi connectivity index (χ1v) is 9.36. The topological polar surface area (TPSA) is 109 Å². The fraction of sp³-hybridized carbons (Fsp3) is 0.389. The Kier molecular flexibility index (Phi) is 5.72. The summed E-state index contributed by atoms with van der Waals surface area (Å²) in [5.74, 6) is -2.20. The molecular formula is C18H20N2O5S. The molecule has 26 heavy (non-hydrogen) atoms. The summed E-state index contributed by atoms with van der Waals surface area (Å²) in [6.07, 6.45) is 4.24. The van der Waals surface area contributed by atoms with Gasteiger partial charge in [-0.3, -0.25) is 14.4 Å². The van der Waals surface area contributed by atoms with E-state index in [1.54, 1.807) is 23.6 Å². The second-order valence-electron chi connectivity index (χ2n) is 6.25. The molecule has 1 fully saturated rings. The van der Waals surface area contributed by atoms with Gasteiger partial charge < -0.3 is 20.2 Å². The van der Waals surface area contributed by atoms with Gasteiger partial charge in [0.25, 0.3) is 5.91 Å². The van der Waals surface area contributed by atoms with E-state index in [-0.39, 0.29) is 18.4 Å². The number of carbonyl (C=O) groups excluding carboxylic acids is 2. The third-order valence-electron chi connectivity index (χ3n) is 4.57. The second-order valence-corrected chi connectivity index (χ2v) is 7.17. The van der Waals surface area contributed by atoms with Gasteiger partial charge in [0.15, 0.2) is 0 Å². The molecule has 1 saturated carbocycles. The molecule has 1 aliphatic rings. The van der Waals surface area contributed by atoms with Gasteiger partial charge in [-0.25, -0.2) is 0 Å². The van der Waals surface area contributed by atoms with E-state index in [0.29, 0.717) is 29.2 Å². The van der Waals surface area contributed by atoms with Crippen LogP contribution in [0.1, 0.15) is 41.8 Å². The molecule has 0 aromatic carbocycles. The molecule has 0 radical (unpaired) electrons. The van der Waals surface area contributed by atoms with Crippen LogP contribution in [0.15, 0.2) is 34.3 Å². The number of hydrogen-bond acceptors (Lipinski definition) is 5. The molecule has 138 valence electrons. The highest BCUT2D eigenvalue weighted by atomic mass is 32.1. The van der Waals surface area contributed by atoms with Gasteiger partial charge in [-0.2, -0.15) is 0 Å². The minimum Gasteiger partial charge on any atom is -0.481 e. The Morgan fingerprint density at radius 3 is 2.65 bits per heavy atom. The van der Waals surface area contributed by atoms with Crippen LogP contribution in [0, 0.1) is 11.8 Å². The van der Waals surface area contributed by atoms with Crippen LogP contribution in [-0.2, 0) is 16.1 Å². The molecule has 0 unspecified atom stereocenters. The number of carbonyl (C=O) groups is 3. The molecule has 3 rings (SSSR count). The first-order valence-electron chi connectivity index (χ1n) is 8.48. The summed E-state index contributed by atoms with van der Waals surface area (Å²) in [5, 5.41) is 17.0. The summed E-state index contributed by atoms with van der Waals surface area (Å²) in [6.45, 7) is 0.249. The van der Waals surface area contributed by atoms with Crippen LogP contribution in [0.25, 0.3) is 0 Å². The molecule has 0 aliphatic heterocycles. The summed E-state index contributed by atoms with van der Waals surface area (Å²) < 4.78 is 5.17. The van der Waals surface area contributed by atoms with Crippen LogP contribution >= 0.6 is 11.3 Å². The first kappa shape index (κ1) is 18.2. The van der Waals surface area contributed by atoms with Crippen LogP contribution < -0.4 is 10.6 Å². The van der Waals surface area contributed by atoms with Crippen molar-refractivity contribution in [1.82, 2.24) is 5.32 Å². The number of hydrogen-bond donors (Lipinski definition) is 3. The zero-order chi connectivity index (χ0) is 18.5. The maximum absolute atomic E-state index is 12.6. The fourth-order valence-corrected chi connectivity index (χ4v) is 3.99. The summed E-state index contributed by atoms with van der Waals surface area (Å²) >= 11 is 1.24. The fourth-order valence-electron chi connectivity index (χ4n) is 3.21. The van der Waals surface area contributed by atoms with E-state index < -0.39 is 17.8 Å². The van der Waals surface area contributed by atoms with E-state index in [9.17, 15) is 19.5 Å². The largest absolute Gasteiger partial charge is 0.481 e. The van der Waals surface area contributed by atoms with Crippen molar-refractivity contribution in [3.63, 3.8) is 0 Å². The maximum atomic E-state index is 12.6. The van der Waals surface area contributed by atoms with Crippen molar-refractivity contribution in [2.75, 3.05) is 5.32 Å². The Labute approximate surface area is 154 Å². The third kappa shape index (κ3) is 4.13. The summed E-state index contributed by atoms with van der Waals surface area (Å²) in [4.78, 5) is 36.3. The van der Waals surface area contributed by atoms with Crippen molar-refractivity contribution < 1.29 is 23.9 Å². The quantitative estimate of drug-likeness (QED) is 0.718. The number of aliphatic carboxylic acids is 1. The van der Waals surface area contributed by atoms with Gasteiger partial charge in [-0.1, -0.05) is 12.8 Å². The molecule has 2 heterocycles. The molecule has 0 bridgehead atoms. The Bertz CT molecular complexity index is 783. The number of nitrogens with one attached hydrogen (secondary N) is 2. The first-order chi connectivity index (χ1) is 12.6.